The van der Waals surface area contributed by atoms with Gasteiger partial charge in [0.05, 0.1) is 10.6 Å². The second-order valence-corrected chi connectivity index (χ2v) is 5.14. The van der Waals surface area contributed by atoms with E-state index in [0.717, 1.165) is 32.4 Å². The van der Waals surface area contributed by atoms with Crippen molar-refractivity contribution in [1.29, 1.82) is 0 Å². The van der Waals surface area contributed by atoms with Crippen LogP contribution in [0.2, 0.25) is 5.02 Å². The van der Waals surface area contributed by atoms with Gasteiger partial charge in [-0.15, -0.1) is 12.4 Å². The molecule has 1 heterocycles. The molecule has 1 amide bonds. The predicted molar refractivity (Wildman–Crippen MR) is 81.3 cm³/mol. The van der Waals surface area contributed by atoms with Crippen molar-refractivity contribution in [1.82, 2.24) is 10.2 Å². The van der Waals surface area contributed by atoms with Gasteiger partial charge in [-0.25, -0.2) is 0 Å². The average Bonchev–Trinajstić information content (AvgIpc) is 2.66. The van der Waals surface area contributed by atoms with Crippen molar-refractivity contribution in [3.63, 3.8) is 0 Å². The van der Waals surface area contributed by atoms with Crippen molar-refractivity contribution in [2.75, 3.05) is 20.1 Å². The molecule has 1 atom stereocenters. The molecule has 0 radical (unpaired) electrons. The quantitative estimate of drug-likeness (QED) is 0.911. The Kier molecular flexibility index (Phi) is 6.63. The van der Waals surface area contributed by atoms with Gasteiger partial charge in [0.1, 0.15) is 0 Å². The minimum Gasteiger partial charge on any atom is -0.339 e. The Balaban J connectivity index is 0.00000180. The molecule has 0 aromatic heterocycles. The molecule has 1 aromatic carbocycles. The van der Waals surface area contributed by atoms with E-state index in [2.05, 4.69) is 5.32 Å². The number of halogens is 2. The second kappa shape index (κ2) is 7.73. The molecule has 5 heteroatoms. The largest absolute Gasteiger partial charge is 0.339 e. The SMILES string of the molecule is CN(C(=O)c1ccccc1Cl)C1CCCNCC1.Cl. The lowest BCUT2D eigenvalue weighted by molar-refractivity contribution is 0.0720. The number of carbonyl (C=O) groups is 1. The third kappa shape index (κ3) is 4.10. The first-order chi connectivity index (χ1) is 8.70. The van der Waals surface area contributed by atoms with E-state index in [4.69, 9.17) is 11.6 Å². The summed E-state index contributed by atoms with van der Waals surface area (Å²) in [4.78, 5) is 14.2. The Hall–Kier alpha value is -0.770. The van der Waals surface area contributed by atoms with Crippen LogP contribution in [0, 0.1) is 0 Å². The molecule has 1 saturated heterocycles. The fraction of sp³-hybridized carbons (Fsp3) is 0.500. The molecule has 106 valence electrons. The summed E-state index contributed by atoms with van der Waals surface area (Å²) < 4.78 is 0. The van der Waals surface area contributed by atoms with Gasteiger partial charge in [0, 0.05) is 13.1 Å². The van der Waals surface area contributed by atoms with Crippen LogP contribution in [0.25, 0.3) is 0 Å². The molecule has 1 N–H and O–H groups in total. The van der Waals surface area contributed by atoms with Crippen molar-refractivity contribution in [3.05, 3.63) is 34.9 Å². The maximum Gasteiger partial charge on any atom is 0.255 e. The topological polar surface area (TPSA) is 32.3 Å². The maximum atomic E-state index is 12.4. The van der Waals surface area contributed by atoms with E-state index in [9.17, 15) is 4.79 Å². The van der Waals surface area contributed by atoms with E-state index in [1.807, 2.05) is 24.1 Å². The van der Waals surface area contributed by atoms with Crippen LogP contribution >= 0.6 is 24.0 Å². The zero-order valence-corrected chi connectivity index (χ0v) is 12.6. The number of amides is 1. The average molecular weight is 303 g/mol. The van der Waals surface area contributed by atoms with Crippen LogP contribution in [0.15, 0.2) is 24.3 Å². The number of rotatable bonds is 2. The highest BCUT2D eigenvalue weighted by atomic mass is 35.5. The Morgan fingerprint density at radius 3 is 2.79 bits per heavy atom. The third-order valence-corrected chi connectivity index (χ3v) is 3.85. The Morgan fingerprint density at radius 2 is 2.05 bits per heavy atom. The van der Waals surface area contributed by atoms with Crippen LogP contribution in [-0.4, -0.2) is 37.0 Å². The standard InChI is InChI=1S/C14H19ClN2O.ClH/c1-17(11-5-4-9-16-10-8-11)14(18)12-6-2-3-7-13(12)15;/h2-3,6-7,11,16H,4-5,8-10H2,1H3;1H. The second-order valence-electron chi connectivity index (χ2n) is 4.73. The zero-order chi connectivity index (χ0) is 13.0. The first-order valence-corrected chi connectivity index (χ1v) is 6.80. The molecule has 2 rings (SSSR count). The molecule has 0 bridgehead atoms. The Labute approximate surface area is 125 Å². The normalized spacial score (nSPS) is 19.2. The number of carbonyl (C=O) groups excluding carboxylic acids is 1. The number of hydrogen-bond acceptors (Lipinski definition) is 2. The van der Waals surface area contributed by atoms with Crippen LogP contribution in [0.4, 0.5) is 0 Å². The molecule has 1 aliphatic heterocycles. The lowest BCUT2D eigenvalue weighted by Crippen LogP contribution is -2.37. The lowest BCUT2D eigenvalue weighted by Gasteiger charge is -2.27. The minimum atomic E-state index is 0. The first kappa shape index (κ1) is 16.3. The predicted octanol–water partition coefficient (Wildman–Crippen LogP) is 2.98. The van der Waals surface area contributed by atoms with Gasteiger partial charge in [-0.1, -0.05) is 23.7 Å². The van der Waals surface area contributed by atoms with Crippen LogP contribution in [0.5, 0.6) is 0 Å². The highest BCUT2D eigenvalue weighted by Gasteiger charge is 2.23. The molecule has 1 aromatic rings. The Morgan fingerprint density at radius 1 is 1.32 bits per heavy atom. The van der Waals surface area contributed by atoms with Gasteiger partial charge in [0.25, 0.3) is 5.91 Å². The molecule has 0 saturated carbocycles. The minimum absolute atomic E-state index is 0. The fourth-order valence-corrected chi connectivity index (χ4v) is 2.60. The van der Waals surface area contributed by atoms with E-state index in [1.165, 1.54) is 0 Å². The first-order valence-electron chi connectivity index (χ1n) is 6.42. The van der Waals surface area contributed by atoms with Gasteiger partial charge in [-0.3, -0.25) is 4.79 Å². The summed E-state index contributed by atoms with van der Waals surface area (Å²) in [5, 5.41) is 3.89. The smallest absolute Gasteiger partial charge is 0.255 e. The maximum absolute atomic E-state index is 12.4. The zero-order valence-electron chi connectivity index (χ0n) is 11.1. The van der Waals surface area contributed by atoms with Gasteiger partial charge in [0.2, 0.25) is 0 Å². The van der Waals surface area contributed by atoms with Crippen LogP contribution < -0.4 is 5.32 Å². The molecule has 1 unspecified atom stereocenters. The number of hydrogen-bond donors (Lipinski definition) is 1. The fourth-order valence-electron chi connectivity index (χ4n) is 2.38. The van der Waals surface area contributed by atoms with E-state index < -0.39 is 0 Å². The van der Waals surface area contributed by atoms with Crippen molar-refractivity contribution >= 4 is 29.9 Å². The van der Waals surface area contributed by atoms with Crippen LogP contribution in [-0.2, 0) is 0 Å². The van der Waals surface area contributed by atoms with Crippen molar-refractivity contribution in [3.8, 4) is 0 Å². The van der Waals surface area contributed by atoms with Crippen LogP contribution in [0.3, 0.4) is 0 Å². The summed E-state index contributed by atoms with van der Waals surface area (Å²) in [5.41, 5.74) is 0.596. The number of benzene rings is 1. The van der Waals surface area contributed by atoms with Crippen molar-refractivity contribution in [2.24, 2.45) is 0 Å². The van der Waals surface area contributed by atoms with Gasteiger partial charge < -0.3 is 10.2 Å². The summed E-state index contributed by atoms with van der Waals surface area (Å²) in [5.74, 6) is 0.0208. The number of nitrogens with zero attached hydrogens (tertiary/aromatic N) is 1. The molecule has 0 spiro atoms. The molecular weight excluding hydrogens is 283 g/mol. The molecule has 1 fully saturated rings. The molecule has 1 aliphatic rings. The number of nitrogens with one attached hydrogen (secondary N) is 1. The lowest BCUT2D eigenvalue weighted by atomic mass is 10.1. The highest BCUT2D eigenvalue weighted by Crippen LogP contribution is 2.20. The van der Waals surface area contributed by atoms with Crippen LogP contribution in [0.1, 0.15) is 29.6 Å². The van der Waals surface area contributed by atoms with E-state index in [1.54, 1.807) is 12.1 Å². The summed E-state index contributed by atoms with van der Waals surface area (Å²) in [6.45, 7) is 2.02. The highest BCUT2D eigenvalue weighted by molar-refractivity contribution is 6.33. The van der Waals surface area contributed by atoms with E-state index in [0.29, 0.717) is 16.6 Å². The molecular formula is C14H20Cl2N2O. The van der Waals surface area contributed by atoms with Gasteiger partial charge in [-0.2, -0.15) is 0 Å². The summed E-state index contributed by atoms with van der Waals surface area (Å²) >= 11 is 6.07. The van der Waals surface area contributed by atoms with E-state index in [-0.39, 0.29) is 18.3 Å². The molecule has 0 aliphatic carbocycles. The third-order valence-electron chi connectivity index (χ3n) is 3.52. The van der Waals surface area contributed by atoms with Gasteiger partial charge in [0.15, 0.2) is 0 Å². The van der Waals surface area contributed by atoms with Crippen molar-refractivity contribution < 1.29 is 4.79 Å². The monoisotopic (exact) mass is 302 g/mol. The molecule has 3 nitrogen and oxygen atoms in total. The van der Waals surface area contributed by atoms with Crippen molar-refractivity contribution in [2.45, 2.75) is 25.3 Å². The van der Waals surface area contributed by atoms with Gasteiger partial charge in [-0.05, 0) is 44.5 Å². The summed E-state index contributed by atoms with van der Waals surface area (Å²) in [6.07, 6.45) is 3.18. The Bertz CT molecular complexity index is 418. The summed E-state index contributed by atoms with van der Waals surface area (Å²) in [7, 11) is 1.88. The van der Waals surface area contributed by atoms with E-state index >= 15 is 0 Å². The van der Waals surface area contributed by atoms with Gasteiger partial charge >= 0.3 is 0 Å². The molecule has 19 heavy (non-hydrogen) atoms. The summed E-state index contributed by atoms with van der Waals surface area (Å²) in [6, 6.07) is 7.55.